The number of hydrogen-bond acceptors (Lipinski definition) is 5. The molecule has 1 aliphatic carbocycles. The van der Waals surface area contributed by atoms with E-state index in [1.165, 1.54) is 0 Å². The Morgan fingerprint density at radius 1 is 1.31 bits per heavy atom. The minimum Gasteiger partial charge on any atom is -0.465 e. The van der Waals surface area contributed by atoms with Gasteiger partial charge in [0.15, 0.2) is 0 Å². The number of nitrogens with one attached hydrogen (secondary N) is 1. The van der Waals surface area contributed by atoms with Crippen LogP contribution in [0, 0.1) is 11.3 Å². The molecule has 2 fully saturated rings. The molecule has 3 aliphatic rings. The molecule has 3 heterocycles. The Hall–Kier alpha value is -1.89. The Bertz CT molecular complexity index is 745. The van der Waals surface area contributed by atoms with E-state index in [9.17, 15) is 9.59 Å². The second-order valence-electron chi connectivity index (χ2n) is 8.81. The lowest BCUT2D eigenvalue weighted by molar-refractivity contribution is -0.148. The van der Waals surface area contributed by atoms with E-state index in [1.54, 1.807) is 0 Å². The van der Waals surface area contributed by atoms with Gasteiger partial charge in [0.05, 0.1) is 18.2 Å². The van der Waals surface area contributed by atoms with Gasteiger partial charge in [0.1, 0.15) is 5.69 Å². The van der Waals surface area contributed by atoms with Gasteiger partial charge in [-0.15, -0.1) is 0 Å². The molecule has 0 unspecified atom stereocenters. The molecule has 1 aromatic heterocycles. The Labute approximate surface area is 172 Å². The minimum atomic E-state index is -0.0408. The highest BCUT2D eigenvalue weighted by Crippen LogP contribution is 2.37. The fourth-order valence-electron chi connectivity index (χ4n) is 5.06. The third-order valence-electron chi connectivity index (χ3n) is 6.87. The van der Waals surface area contributed by atoms with Crippen molar-refractivity contribution in [1.29, 1.82) is 0 Å². The molecule has 29 heavy (non-hydrogen) atoms. The quantitative estimate of drug-likeness (QED) is 0.583. The molecular weight excluding hydrogens is 370 g/mol. The second-order valence-corrected chi connectivity index (χ2v) is 8.81. The van der Waals surface area contributed by atoms with Crippen molar-refractivity contribution in [3.8, 4) is 0 Å². The molecular formula is C22H33N3O4. The van der Waals surface area contributed by atoms with Gasteiger partial charge in [0, 0.05) is 31.9 Å². The van der Waals surface area contributed by atoms with Crippen LogP contribution in [0.1, 0.15) is 73.6 Å². The van der Waals surface area contributed by atoms with Gasteiger partial charge >= 0.3 is 5.97 Å². The van der Waals surface area contributed by atoms with Crippen molar-refractivity contribution < 1.29 is 19.1 Å². The van der Waals surface area contributed by atoms with Gasteiger partial charge in [-0.1, -0.05) is 12.8 Å². The molecule has 160 valence electrons. The van der Waals surface area contributed by atoms with Crippen molar-refractivity contribution in [1.82, 2.24) is 15.1 Å². The van der Waals surface area contributed by atoms with Crippen LogP contribution in [0.3, 0.4) is 0 Å². The Kier molecular flexibility index (Phi) is 6.23. The molecule has 1 N–H and O–H groups in total. The van der Waals surface area contributed by atoms with E-state index in [0.29, 0.717) is 25.4 Å². The number of esters is 1. The number of rotatable bonds is 6. The van der Waals surface area contributed by atoms with Crippen LogP contribution in [-0.4, -0.2) is 48.0 Å². The first-order valence-electron chi connectivity index (χ1n) is 11.2. The molecule has 4 rings (SSSR count). The molecule has 0 atom stereocenters. The van der Waals surface area contributed by atoms with E-state index in [4.69, 9.17) is 14.6 Å². The summed E-state index contributed by atoms with van der Waals surface area (Å²) < 4.78 is 12.9. The van der Waals surface area contributed by atoms with Gasteiger partial charge in [0.2, 0.25) is 0 Å². The summed E-state index contributed by atoms with van der Waals surface area (Å²) in [5.41, 5.74) is 2.85. The maximum Gasteiger partial charge on any atom is 0.308 e. The van der Waals surface area contributed by atoms with Crippen LogP contribution in [-0.2, 0) is 33.7 Å². The van der Waals surface area contributed by atoms with Crippen molar-refractivity contribution in [2.45, 2.75) is 71.3 Å². The molecule has 1 aromatic rings. The van der Waals surface area contributed by atoms with Crippen molar-refractivity contribution >= 4 is 11.9 Å². The maximum absolute atomic E-state index is 12.8. The van der Waals surface area contributed by atoms with Crippen molar-refractivity contribution in [2.75, 3.05) is 26.4 Å². The highest BCUT2D eigenvalue weighted by Gasteiger charge is 2.39. The van der Waals surface area contributed by atoms with E-state index in [2.05, 4.69) is 5.32 Å². The molecule has 1 amide bonds. The zero-order valence-corrected chi connectivity index (χ0v) is 17.5. The number of carbonyl (C=O) groups is 2. The van der Waals surface area contributed by atoms with Gasteiger partial charge in [-0.05, 0) is 57.3 Å². The van der Waals surface area contributed by atoms with E-state index in [-0.39, 0.29) is 23.2 Å². The number of hydrogen-bond donors (Lipinski definition) is 1. The fraction of sp³-hybridized carbons (Fsp3) is 0.773. The topological polar surface area (TPSA) is 82.5 Å². The van der Waals surface area contributed by atoms with Crippen LogP contribution >= 0.6 is 0 Å². The van der Waals surface area contributed by atoms with E-state index in [1.807, 2.05) is 11.6 Å². The zero-order valence-electron chi connectivity index (χ0n) is 17.5. The smallest absolute Gasteiger partial charge is 0.308 e. The van der Waals surface area contributed by atoms with Gasteiger partial charge in [-0.2, -0.15) is 5.10 Å². The first-order chi connectivity index (χ1) is 14.1. The first kappa shape index (κ1) is 20.4. The number of ether oxygens (including phenoxy) is 2. The molecule has 2 aliphatic heterocycles. The van der Waals surface area contributed by atoms with Gasteiger partial charge in [-0.3, -0.25) is 14.3 Å². The number of aromatic nitrogens is 2. The number of fused-ring (bicyclic) bond motifs is 1. The molecule has 7 nitrogen and oxygen atoms in total. The maximum atomic E-state index is 12.8. The van der Waals surface area contributed by atoms with Crippen molar-refractivity contribution in [2.24, 2.45) is 11.3 Å². The monoisotopic (exact) mass is 403 g/mol. The average Bonchev–Trinajstić information content (AvgIpc) is 3.36. The molecule has 1 saturated heterocycles. The molecule has 0 radical (unpaired) electrons. The Morgan fingerprint density at radius 3 is 2.79 bits per heavy atom. The third-order valence-corrected chi connectivity index (χ3v) is 6.87. The summed E-state index contributed by atoms with van der Waals surface area (Å²) in [6.07, 6.45) is 8.45. The molecule has 0 aromatic carbocycles. The molecule has 0 bridgehead atoms. The van der Waals surface area contributed by atoms with Crippen molar-refractivity contribution in [3.63, 3.8) is 0 Å². The third kappa shape index (κ3) is 4.34. The predicted octanol–water partition coefficient (Wildman–Crippen LogP) is 2.65. The lowest BCUT2D eigenvalue weighted by Crippen LogP contribution is -2.40. The van der Waals surface area contributed by atoms with Gasteiger partial charge in [0.25, 0.3) is 5.91 Å². The SMILES string of the molecule is CCn1nc(CCCOC(=O)C2CCCC2)c2c1C(=O)NCC1(CCOCC1)C2. The fourth-order valence-corrected chi connectivity index (χ4v) is 5.06. The Balaban J connectivity index is 1.44. The largest absolute Gasteiger partial charge is 0.465 e. The summed E-state index contributed by atoms with van der Waals surface area (Å²) in [6, 6.07) is 0. The summed E-state index contributed by atoms with van der Waals surface area (Å²) in [5.74, 6) is 0.0419. The molecule has 1 saturated carbocycles. The molecule has 7 heteroatoms. The standard InChI is InChI=1S/C22H33N3O4/c1-2-25-19-17(14-22(15-23-20(19)26)9-12-28-13-10-22)18(24-25)8-5-11-29-21(27)16-6-3-4-7-16/h16H,2-15H2,1H3,(H,23,26). The van der Waals surface area contributed by atoms with Crippen LogP contribution in [0.2, 0.25) is 0 Å². The average molecular weight is 404 g/mol. The minimum absolute atomic E-state index is 0.0170. The lowest BCUT2D eigenvalue weighted by Gasteiger charge is -2.36. The number of amides is 1. The number of nitrogens with zero attached hydrogens (tertiary/aromatic N) is 2. The highest BCUT2D eigenvalue weighted by atomic mass is 16.5. The predicted molar refractivity (Wildman–Crippen MR) is 108 cm³/mol. The Morgan fingerprint density at radius 2 is 2.07 bits per heavy atom. The lowest BCUT2D eigenvalue weighted by atomic mass is 9.75. The summed E-state index contributed by atoms with van der Waals surface area (Å²) >= 11 is 0. The number of carbonyl (C=O) groups excluding carboxylic acids is 2. The summed E-state index contributed by atoms with van der Waals surface area (Å²) in [4.78, 5) is 24.9. The van der Waals surface area contributed by atoms with Crippen LogP contribution < -0.4 is 5.32 Å². The first-order valence-corrected chi connectivity index (χ1v) is 11.2. The normalized spacial score (nSPS) is 21.6. The second kappa shape index (κ2) is 8.86. The van der Waals surface area contributed by atoms with Crippen LogP contribution in [0.4, 0.5) is 0 Å². The summed E-state index contributed by atoms with van der Waals surface area (Å²) in [7, 11) is 0. The van der Waals surface area contributed by atoms with E-state index in [0.717, 1.165) is 82.3 Å². The van der Waals surface area contributed by atoms with Gasteiger partial charge in [-0.25, -0.2) is 0 Å². The molecule has 1 spiro atoms. The van der Waals surface area contributed by atoms with Crippen LogP contribution in [0.5, 0.6) is 0 Å². The van der Waals surface area contributed by atoms with E-state index < -0.39 is 0 Å². The highest BCUT2D eigenvalue weighted by molar-refractivity contribution is 5.94. The van der Waals surface area contributed by atoms with E-state index >= 15 is 0 Å². The summed E-state index contributed by atoms with van der Waals surface area (Å²) in [6.45, 7) is 5.31. The van der Waals surface area contributed by atoms with Crippen LogP contribution in [0.25, 0.3) is 0 Å². The summed E-state index contributed by atoms with van der Waals surface area (Å²) in [5, 5.41) is 7.90. The number of aryl methyl sites for hydroxylation is 2. The van der Waals surface area contributed by atoms with Crippen LogP contribution in [0.15, 0.2) is 0 Å². The van der Waals surface area contributed by atoms with Crippen molar-refractivity contribution in [3.05, 3.63) is 17.0 Å². The van der Waals surface area contributed by atoms with Gasteiger partial charge < -0.3 is 14.8 Å². The zero-order chi connectivity index (χ0) is 20.3.